The molecule has 3 saturated carbocycles. The summed E-state index contributed by atoms with van der Waals surface area (Å²) in [6.07, 6.45) is 9.52. The first kappa shape index (κ1) is 30.1. The highest BCUT2D eigenvalue weighted by Crippen LogP contribution is 2.67. The molecule has 38 heavy (non-hydrogen) atoms. The van der Waals surface area contributed by atoms with E-state index in [2.05, 4.69) is 26.0 Å². The minimum atomic E-state index is -4.68. The fourth-order valence-corrected chi connectivity index (χ4v) is 9.75. The Balaban J connectivity index is 1.57. The second-order valence-electron chi connectivity index (χ2n) is 12.9. The van der Waals surface area contributed by atoms with Crippen molar-refractivity contribution >= 4 is 20.8 Å². The standard InChI is InChI=1S/C27H44O9S2/c1-17(2)6-5-7-18(16-35-37(29,30)31)21-10-11-22-20-9-8-19-14-24(28)25(36-38(32,33)34)15-27(19,4)23(20)12-13-26(21,22)3/h6,8,18,20-25,28H,5,7,9-16H2,1-4H3,(H,29,30,31)(H,32,33,34). The van der Waals surface area contributed by atoms with Crippen LogP contribution in [0.3, 0.4) is 0 Å². The van der Waals surface area contributed by atoms with Crippen LogP contribution in [0.5, 0.6) is 0 Å². The third-order valence-corrected chi connectivity index (χ3v) is 11.4. The first-order chi connectivity index (χ1) is 17.5. The first-order valence-corrected chi connectivity index (χ1v) is 16.5. The molecule has 0 saturated heterocycles. The minimum absolute atomic E-state index is 0.000389. The van der Waals surface area contributed by atoms with Crippen LogP contribution in [0.25, 0.3) is 0 Å². The molecule has 0 aromatic carbocycles. The molecular formula is C27H44O9S2. The Labute approximate surface area is 228 Å². The average Bonchev–Trinajstić information content (AvgIpc) is 3.12. The lowest BCUT2D eigenvalue weighted by Gasteiger charge is -2.59. The van der Waals surface area contributed by atoms with E-state index in [9.17, 15) is 31.0 Å². The molecule has 0 amide bonds. The van der Waals surface area contributed by atoms with Gasteiger partial charge in [-0.25, -0.2) is 8.37 Å². The van der Waals surface area contributed by atoms with Crippen LogP contribution in [0.4, 0.5) is 0 Å². The maximum atomic E-state index is 11.5. The molecular weight excluding hydrogens is 532 g/mol. The Morgan fingerprint density at radius 3 is 2.45 bits per heavy atom. The van der Waals surface area contributed by atoms with E-state index in [1.54, 1.807) is 0 Å². The van der Waals surface area contributed by atoms with Crippen molar-refractivity contribution in [3.05, 3.63) is 23.3 Å². The maximum Gasteiger partial charge on any atom is 0.397 e. The number of aliphatic hydroxyl groups is 1. The fourth-order valence-electron chi connectivity index (χ4n) is 8.90. The summed E-state index contributed by atoms with van der Waals surface area (Å²) in [6, 6.07) is 0. The molecule has 4 rings (SSSR count). The lowest BCUT2D eigenvalue weighted by molar-refractivity contribution is -0.0852. The third-order valence-electron chi connectivity index (χ3n) is 10.5. The molecule has 9 unspecified atom stereocenters. The molecule has 0 heterocycles. The fraction of sp³-hybridized carbons (Fsp3) is 0.852. The zero-order chi connectivity index (χ0) is 28.1. The van der Waals surface area contributed by atoms with E-state index in [-0.39, 0.29) is 29.3 Å². The Bertz CT molecular complexity index is 1160. The van der Waals surface area contributed by atoms with Crippen molar-refractivity contribution in [1.29, 1.82) is 0 Å². The van der Waals surface area contributed by atoms with Gasteiger partial charge in [-0.1, -0.05) is 37.1 Å². The van der Waals surface area contributed by atoms with Crippen molar-refractivity contribution in [2.24, 2.45) is 40.4 Å². The molecule has 3 N–H and O–H groups in total. The Kier molecular flexibility index (Phi) is 8.62. The Hall–Kier alpha value is -0.820. The van der Waals surface area contributed by atoms with Crippen molar-refractivity contribution < 1.29 is 39.4 Å². The summed E-state index contributed by atoms with van der Waals surface area (Å²) in [5, 5.41) is 10.6. The summed E-state index contributed by atoms with van der Waals surface area (Å²) >= 11 is 0. The van der Waals surface area contributed by atoms with Crippen molar-refractivity contribution in [2.45, 2.75) is 97.7 Å². The summed E-state index contributed by atoms with van der Waals surface area (Å²) in [7, 11) is -9.20. The van der Waals surface area contributed by atoms with Gasteiger partial charge in [0.2, 0.25) is 0 Å². The molecule has 218 valence electrons. The number of allylic oxidation sites excluding steroid dienone is 3. The van der Waals surface area contributed by atoms with E-state index in [4.69, 9.17) is 8.37 Å². The highest BCUT2D eigenvalue weighted by Gasteiger charge is 2.60. The SMILES string of the molecule is CC(C)=CCCC(COS(=O)(=O)O)C1CCC2C3CC=C4CC(O)C(OS(=O)(=O)O)CC4(C)C3CCC12C. The van der Waals surface area contributed by atoms with Gasteiger partial charge in [0.05, 0.1) is 12.7 Å². The molecule has 0 aromatic heterocycles. The van der Waals surface area contributed by atoms with Gasteiger partial charge in [0, 0.05) is 0 Å². The van der Waals surface area contributed by atoms with Crippen molar-refractivity contribution in [3.8, 4) is 0 Å². The lowest BCUT2D eigenvalue weighted by Crippen LogP contribution is -2.54. The van der Waals surface area contributed by atoms with Gasteiger partial charge in [-0.3, -0.25) is 9.11 Å². The lowest BCUT2D eigenvalue weighted by atomic mass is 9.46. The molecule has 4 aliphatic rings. The van der Waals surface area contributed by atoms with Gasteiger partial charge < -0.3 is 5.11 Å². The van der Waals surface area contributed by atoms with Crippen molar-refractivity contribution in [2.75, 3.05) is 6.61 Å². The molecule has 3 fully saturated rings. The summed E-state index contributed by atoms with van der Waals surface area (Å²) < 4.78 is 74.1. The van der Waals surface area contributed by atoms with E-state index < -0.39 is 33.0 Å². The quantitative estimate of drug-likeness (QED) is 0.257. The molecule has 0 spiro atoms. The number of fused-ring (bicyclic) bond motifs is 5. The topological polar surface area (TPSA) is 147 Å². The van der Waals surface area contributed by atoms with Crippen LogP contribution < -0.4 is 0 Å². The number of aliphatic hydroxyl groups excluding tert-OH is 1. The first-order valence-electron chi connectivity index (χ1n) is 13.8. The van der Waals surface area contributed by atoms with Crippen LogP contribution in [-0.4, -0.2) is 49.9 Å². The normalized spacial score (nSPS) is 39.9. The van der Waals surface area contributed by atoms with Gasteiger partial charge in [-0.05, 0) is 112 Å². The second-order valence-corrected chi connectivity index (χ2v) is 15.0. The smallest absolute Gasteiger partial charge is 0.390 e. The predicted molar refractivity (Wildman–Crippen MR) is 143 cm³/mol. The van der Waals surface area contributed by atoms with Crippen LogP contribution >= 0.6 is 0 Å². The van der Waals surface area contributed by atoms with Gasteiger partial charge in [0.15, 0.2) is 0 Å². The predicted octanol–water partition coefficient (Wildman–Crippen LogP) is 4.91. The minimum Gasteiger partial charge on any atom is -0.390 e. The Morgan fingerprint density at radius 1 is 1.11 bits per heavy atom. The van der Waals surface area contributed by atoms with Crippen molar-refractivity contribution in [1.82, 2.24) is 0 Å². The van der Waals surface area contributed by atoms with Crippen molar-refractivity contribution in [3.63, 3.8) is 0 Å². The highest BCUT2D eigenvalue weighted by molar-refractivity contribution is 7.81. The van der Waals surface area contributed by atoms with E-state index in [1.807, 2.05) is 13.8 Å². The van der Waals surface area contributed by atoms with Gasteiger partial charge in [-0.15, -0.1) is 0 Å². The van der Waals surface area contributed by atoms with Crippen LogP contribution in [-0.2, 0) is 29.2 Å². The third kappa shape index (κ3) is 6.24. The molecule has 0 aromatic rings. The summed E-state index contributed by atoms with van der Waals surface area (Å²) in [5.41, 5.74) is 2.04. The maximum absolute atomic E-state index is 11.5. The number of rotatable bonds is 9. The molecule has 4 aliphatic carbocycles. The largest absolute Gasteiger partial charge is 0.397 e. The molecule has 9 atom stereocenters. The van der Waals surface area contributed by atoms with Crippen LogP contribution in [0, 0.1) is 40.4 Å². The zero-order valence-electron chi connectivity index (χ0n) is 22.9. The molecule has 0 radical (unpaired) electrons. The van der Waals surface area contributed by atoms with Gasteiger partial charge in [0.1, 0.15) is 6.10 Å². The van der Waals surface area contributed by atoms with E-state index in [0.717, 1.165) is 50.5 Å². The van der Waals surface area contributed by atoms with E-state index >= 15 is 0 Å². The van der Waals surface area contributed by atoms with Gasteiger partial charge in [0.25, 0.3) is 0 Å². The molecule has 0 aliphatic heterocycles. The number of hydrogen-bond acceptors (Lipinski definition) is 7. The monoisotopic (exact) mass is 576 g/mol. The summed E-state index contributed by atoms with van der Waals surface area (Å²) in [5.74, 6) is 1.38. The number of hydrogen-bond donors (Lipinski definition) is 3. The molecule has 11 heteroatoms. The zero-order valence-corrected chi connectivity index (χ0v) is 24.5. The van der Waals surface area contributed by atoms with E-state index in [1.165, 1.54) is 5.57 Å². The van der Waals surface area contributed by atoms with Crippen LogP contribution in [0.1, 0.15) is 85.5 Å². The van der Waals surface area contributed by atoms with E-state index in [0.29, 0.717) is 30.6 Å². The summed E-state index contributed by atoms with van der Waals surface area (Å²) in [6.45, 7) is 8.55. The van der Waals surface area contributed by atoms with Crippen LogP contribution in [0.15, 0.2) is 23.3 Å². The summed E-state index contributed by atoms with van der Waals surface area (Å²) in [4.78, 5) is 0. The van der Waals surface area contributed by atoms with Gasteiger partial charge in [-0.2, -0.15) is 16.8 Å². The average molecular weight is 577 g/mol. The van der Waals surface area contributed by atoms with Crippen LogP contribution in [0.2, 0.25) is 0 Å². The van der Waals surface area contributed by atoms with Gasteiger partial charge >= 0.3 is 20.8 Å². The Morgan fingerprint density at radius 2 is 1.82 bits per heavy atom. The highest BCUT2D eigenvalue weighted by atomic mass is 32.3. The second kappa shape index (κ2) is 10.9. The molecule has 9 nitrogen and oxygen atoms in total. The molecule has 0 bridgehead atoms.